The normalized spacial score (nSPS) is 19.8. The van der Waals surface area contributed by atoms with E-state index in [1.165, 1.54) is 10.7 Å². The maximum atomic E-state index is 12.2. The van der Waals surface area contributed by atoms with Gasteiger partial charge < -0.3 is 5.73 Å². The molecular formula is C9H16N4O2S2. The van der Waals surface area contributed by atoms with E-state index in [2.05, 4.69) is 10.2 Å². The molecule has 1 aliphatic rings. The largest absolute Gasteiger partial charge is 0.374 e. The van der Waals surface area contributed by atoms with Crippen molar-refractivity contribution < 1.29 is 8.42 Å². The molecule has 17 heavy (non-hydrogen) atoms. The lowest BCUT2D eigenvalue weighted by Gasteiger charge is -2.22. The first kappa shape index (κ1) is 12.7. The minimum atomic E-state index is -3.48. The van der Waals surface area contributed by atoms with E-state index < -0.39 is 10.0 Å². The van der Waals surface area contributed by atoms with Crippen molar-refractivity contribution in [2.24, 2.45) is 0 Å². The molecule has 0 bridgehead atoms. The molecule has 1 aliphatic heterocycles. The quantitative estimate of drug-likeness (QED) is 0.873. The second kappa shape index (κ2) is 5.28. The fourth-order valence-corrected chi connectivity index (χ4v) is 4.33. The molecule has 1 aromatic heterocycles. The van der Waals surface area contributed by atoms with E-state index in [0.717, 1.165) is 37.0 Å². The molecular weight excluding hydrogens is 260 g/mol. The van der Waals surface area contributed by atoms with Crippen LogP contribution < -0.4 is 5.73 Å². The molecule has 2 heterocycles. The van der Waals surface area contributed by atoms with Crippen molar-refractivity contribution in [2.75, 3.05) is 18.8 Å². The van der Waals surface area contributed by atoms with Gasteiger partial charge in [-0.2, -0.15) is 4.31 Å². The van der Waals surface area contributed by atoms with Crippen LogP contribution in [-0.2, 0) is 10.0 Å². The SMILES string of the molecule is Nc1nnc(S(=O)(=O)N2CCCCCCC2)s1. The van der Waals surface area contributed by atoms with Crippen molar-refractivity contribution in [1.82, 2.24) is 14.5 Å². The lowest BCUT2D eigenvalue weighted by Crippen LogP contribution is -2.33. The van der Waals surface area contributed by atoms with Crippen LogP contribution in [-0.4, -0.2) is 36.0 Å². The predicted octanol–water partition coefficient (Wildman–Crippen LogP) is 1.08. The average molecular weight is 276 g/mol. The molecule has 1 aromatic rings. The Balaban J connectivity index is 2.18. The number of hydrogen-bond donors (Lipinski definition) is 1. The van der Waals surface area contributed by atoms with E-state index in [0.29, 0.717) is 13.1 Å². The van der Waals surface area contributed by atoms with Gasteiger partial charge in [0.15, 0.2) is 0 Å². The molecule has 0 spiro atoms. The number of rotatable bonds is 2. The highest BCUT2D eigenvalue weighted by molar-refractivity contribution is 7.91. The number of anilines is 1. The van der Waals surface area contributed by atoms with Crippen LogP contribution in [0.1, 0.15) is 32.1 Å². The summed E-state index contributed by atoms with van der Waals surface area (Å²) in [5.74, 6) is 0. The number of nitrogens with two attached hydrogens (primary N) is 1. The molecule has 1 saturated heterocycles. The van der Waals surface area contributed by atoms with Gasteiger partial charge in [0.2, 0.25) is 9.47 Å². The molecule has 0 unspecified atom stereocenters. The van der Waals surface area contributed by atoms with Crippen LogP contribution in [0.5, 0.6) is 0 Å². The summed E-state index contributed by atoms with van der Waals surface area (Å²) >= 11 is 0.926. The van der Waals surface area contributed by atoms with Crippen molar-refractivity contribution in [3.8, 4) is 0 Å². The Labute approximate surface area is 105 Å². The lowest BCUT2D eigenvalue weighted by molar-refractivity contribution is 0.363. The van der Waals surface area contributed by atoms with E-state index in [1.807, 2.05) is 0 Å². The maximum absolute atomic E-state index is 12.2. The lowest BCUT2D eigenvalue weighted by atomic mass is 10.1. The zero-order valence-electron chi connectivity index (χ0n) is 9.50. The van der Waals surface area contributed by atoms with Crippen LogP contribution in [0.15, 0.2) is 4.34 Å². The zero-order chi connectivity index (χ0) is 12.3. The van der Waals surface area contributed by atoms with Crippen molar-refractivity contribution in [3.63, 3.8) is 0 Å². The van der Waals surface area contributed by atoms with Gasteiger partial charge in [0.05, 0.1) is 0 Å². The summed E-state index contributed by atoms with van der Waals surface area (Å²) in [6.07, 6.45) is 5.19. The fraction of sp³-hybridized carbons (Fsp3) is 0.778. The van der Waals surface area contributed by atoms with Crippen molar-refractivity contribution in [2.45, 2.75) is 36.4 Å². The maximum Gasteiger partial charge on any atom is 0.272 e. The molecule has 2 rings (SSSR count). The Bertz CT molecular complexity index is 463. The highest BCUT2D eigenvalue weighted by Gasteiger charge is 2.28. The van der Waals surface area contributed by atoms with Crippen LogP contribution in [0.25, 0.3) is 0 Å². The van der Waals surface area contributed by atoms with Gasteiger partial charge in [0.25, 0.3) is 10.0 Å². The monoisotopic (exact) mass is 276 g/mol. The van der Waals surface area contributed by atoms with E-state index in [4.69, 9.17) is 5.73 Å². The summed E-state index contributed by atoms with van der Waals surface area (Å²) in [6.45, 7) is 1.14. The highest BCUT2D eigenvalue weighted by Crippen LogP contribution is 2.23. The van der Waals surface area contributed by atoms with Crippen molar-refractivity contribution in [3.05, 3.63) is 0 Å². The molecule has 6 nitrogen and oxygen atoms in total. The van der Waals surface area contributed by atoms with Crippen LogP contribution in [0.4, 0.5) is 5.13 Å². The van der Waals surface area contributed by atoms with Gasteiger partial charge in [-0.15, -0.1) is 10.2 Å². The van der Waals surface area contributed by atoms with Gasteiger partial charge in [-0.1, -0.05) is 30.6 Å². The molecule has 0 aliphatic carbocycles. The fourth-order valence-electron chi connectivity index (χ4n) is 1.89. The van der Waals surface area contributed by atoms with Crippen molar-refractivity contribution >= 4 is 26.5 Å². The van der Waals surface area contributed by atoms with E-state index >= 15 is 0 Å². The second-order valence-corrected chi connectivity index (χ2v) is 7.20. The third-order valence-electron chi connectivity index (χ3n) is 2.80. The summed E-state index contributed by atoms with van der Waals surface area (Å²) in [7, 11) is -3.48. The third kappa shape index (κ3) is 2.93. The van der Waals surface area contributed by atoms with Crippen molar-refractivity contribution in [1.29, 1.82) is 0 Å². The van der Waals surface area contributed by atoms with Gasteiger partial charge >= 0.3 is 0 Å². The minimum absolute atomic E-state index is 0.00979. The first-order valence-corrected chi connectivity index (χ1v) is 7.95. The molecule has 1 fully saturated rings. The first-order chi connectivity index (χ1) is 8.10. The number of nitrogens with zero attached hydrogens (tertiary/aromatic N) is 3. The number of nitrogen functional groups attached to an aromatic ring is 1. The van der Waals surface area contributed by atoms with Crippen LogP contribution in [0, 0.1) is 0 Å². The van der Waals surface area contributed by atoms with Crippen LogP contribution in [0.3, 0.4) is 0 Å². The van der Waals surface area contributed by atoms with Gasteiger partial charge in [-0.3, -0.25) is 0 Å². The van der Waals surface area contributed by atoms with Crippen LogP contribution >= 0.6 is 11.3 Å². The molecule has 96 valence electrons. The minimum Gasteiger partial charge on any atom is -0.374 e. The second-order valence-electron chi connectivity index (χ2n) is 4.08. The first-order valence-electron chi connectivity index (χ1n) is 5.70. The van der Waals surface area contributed by atoms with E-state index in [1.54, 1.807) is 0 Å². The van der Waals surface area contributed by atoms with E-state index in [-0.39, 0.29) is 9.47 Å². The molecule has 0 amide bonds. The number of aromatic nitrogens is 2. The number of sulfonamides is 1. The van der Waals surface area contributed by atoms with Gasteiger partial charge in [-0.05, 0) is 12.8 Å². The Kier molecular flexibility index (Phi) is 3.95. The summed E-state index contributed by atoms with van der Waals surface area (Å²) < 4.78 is 26.0. The van der Waals surface area contributed by atoms with Gasteiger partial charge in [0, 0.05) is 13.1 Å². The van der Waals surface area contributed by atoms with Crippen LogP contribution in [0.2, 0.25) is 0 Å². The van der Waals surface area contributed by atoms with Gasteiger partial charge in [0.1, 0.15) is 0 Å². The predicted molar refractivity (Wildman–Crippen MR) is 66.2 cm³/mol. The molecule has 0 saturated carbocycles. The smallest absolute Gasteiger partial charge is 0.272 e. The Morgan fingerprint density at radius 3 is 2.18 bits per heavy atom. The molecule has 8 heteroatoms. The summed E-state index contributed by atoms with van der Waals surface area (Å²) in [4.78, 5) is 0. The summed E-state index contributed by atoms with van der Waals surface area (Å²) in [5, 5.41) is 7.38. The zero-order valence-corrected chi connectivity index (χ0v) is 11.1. The topological polar surface area (TPSA) is 89.2 Å². The average Bonchev–Trinajstić information content (AvgIpc) is 2.64. The van der Waals surface area contributed by atoms with E-state index in [9.17, 15) is 8.42 Å². The number of hydrogen-bond acceptors (Lipinski definition) is 6. The third-order valence-corrected chi connectivity index (χ3v) is 5.79. The Morgan fingerprint density at radius 2 is 1.65 bits per heavy atom. The molecule has 0 aromatic carbocycles. The summed E-state index contributed by atoms with van der Waals surface area (Å²) in [5.41, 5.74) is 5.42. The molecule has 0 atom stereocenters. The molecule has 2 N–H and O–H groups in total. The van der Waals surface area contributed by atoms with Gasteiger partial charge in [-0.25, -0.2) is 8.42 Å². The summed E-state index contributed by atoms with van der Waals surface area (Å²) in [6, 6.07) is 0. The Morgan fingerprint density at radius 1 is 1.06 bits per heavy atom. The standard InChI is InChI=1S/C9H16N4O2S2/c10-8-11-12-9(16-8)17(14,15)13-6-4-2-1-3-5-7-13/h1-7H2,(H2,10,11). The Hall–Kier alpha value is -0.730. The highest BCUT2D eigenvalue weighted by atomic mass is 32.2. The molecule has 0 radical (unpaired) electrons.